The summed E-state index contributed by atoms with van der Waals surface area (Å²) in [4.78, 5) is 17.7. The normalized spacial score (nSPS) is 22.0. The van der Waals surface area contributed by atoms with Gasteiger partial charge in [0.05, 0.1) is 12.2 Å². The van der Waals surface area contributed by atoms with Crippen LogP contribution in [0.4, 0.5) is 10.5 Å². The number of phenols is 1. The van der Waals surface area contributed by atoms with Crippen molar-refractivity contribution in [3.8, 4) is 5.75 Å². The number of carbonyl (C=O) groups is 1. The quantitative estimate of drug-likeness (QED) is 0.808. The Bertz CT molecular complexity index is 558. The number of hydrogen-bond acceptors (Lipinski definition) is 5. The summed E-state index contributed by atoms with van der Waals surface area (Å²) in [7, 11) is 1.78. The summed E-state index contributed by atoms with van der Waals surface area (Å²) in [5.74, 6) is 0.363. The zero-order chi connectivity index (χ0) is 16.9. The third-order valence-electron chi connectivity index (χ3n) is 4.90. The van der Waals surface area contributed by atoms with Crippen molar-refractivity contribution in [2.45, 2.75) is 25.4 Å². The van der Waals surface area contributed by atoms with Crippen molar-refractivity contribution >= 4 is 11.8 Å². The number of anilines is 1. The van der Waals surface area contributed by atoms with Gasteiger partial charge in [-0.25, -0.2) is 4.79 Å². The molecule has 1 unspecified atom stereocenters. The molecule has 1 atom stereocenters. The molecule has 3 rings (SSSR count). The van der Waals surface area contributed by atoms with Crippen molar-refractivity contribution in [1.29, 1.82) is 0 Å². The molecule has 2 saturated heterocycles. The van der Waals surface area contributed by atoms with Gasteiger partial charge in [-0.1, -0.05) is 12.1 Å². The number of nitrogens with zero attached hydrogens (tertiary/aromatic N) is 3. The molecule has 0 radical (unpaired) electrons. The van der Waals surface area contributed by atoms with Gasteiger partial charge in [0.2, 0.25) is 0 Å². The molecule has 2 aliphatic heterocycles. The molecule has 0 aromatic heterocycles. The van der Waals surface area contributed by atoms with E-state index in [4.69, 9.17) is 4.74 Å². The minimum absolute atomic E-state index is 0.0698. The summed E-state index contributed by atoms with van der Waals surface area (Å²) in [6.45, 7) is 5.75. The Morgan fingerprint density at radius 2 is 1.92 bits per heavy atom. The Hall–Kier alpha value is -1.95. The first-order valence-corrected chi connectivity index (χ1v) is 8.80. The van der Waals surface area contributed by atoms with Crippen LogP contribution in [0.3, 0.4) is 0 Å². The fraction of sp³-hybridized carbons (Fsp3) is 0.611. The zero-order valence-electron chi connectivity index (χ0n) is 14.4. The summed E-state index contributed by atoms with van der Waals surface area (Å²) in [6, 6.07) is 7.54. The van der Waals surface area contributed by atoms with Gasteiger partial charge in [0.1, 0.15) is 11.9 Å². The number of hydrogen-bond donors (Lipinski definition) is 1. The molecule has 0 bridgehead atoms. The van der Waals surface area contributed by atoms with Gasteiger partial charge in [-0.2, -0.15) is 0 Å². The molecule has 1 amide bonds. The number of cyclic esters (lactones) is 1. The van der Waals surface area contributed by atoms with E-state index in [1.54, 1.807) is 18.0 Å². The smallest absolute Gasteiger partial charge is 0.409 e. The molecular weight excluding hydrogens is 306 g/mol. The van der Waals surface area contributed by atoms with Crippen LogP contribution in [0.2, 0.25) is 0 Å². The van der Waals surface area contributed by atoms with E-state index in [1.807, 2.05) is 18.2 Å². The lowest BCUT2D eigenvalue weighted by atomic mass is 10.1. The lowest BCUT2D eigenvalue weighted by molar-refractivity contribution is 0.128. The average Bonchev–Trinajstić information content (AvgIpc) is 2.91. The third kappa shape index (κ3) is 4.12. The molecule has 2 aliphatic rings. The van der Waals surface area contributed by atoms with E-state index in [2.05, 4.69) is 9.80 Å². The SMILES string of the molecule is CN1CC(CCCCN2CCN(c3ccccc3O)CC2)OC1=O. The van der Waals surface area contributed by atoms with Crippen molar-refractivity contribution in [3.63, 3.8) is 0 Å². The highest BCUT2D eigenvalue weighted by Gasteiger charge is 2.27. The lowest BCUT2D eigenvalue weighted by Gasteiger charge is -2.36. The van der Waals surface area contributed by atoms with Crippen LogP contribution in [0.5, 0.6) is 5.75 Å². The number of para-hydroxylation sites is 2. The fourth-order valence-electron chi connectivity index (χ4n) is 3.45. The minimum Gasteiger partial charge on any atom is -0.506 e. The molecule has 0 saturated carbocycles. The molecule has 6 heteroatoms. The molecule has 1 aromatic rings. The van der Waals surface area contributed by atoms with Crippen molar-refractivity contribution in [1.82, 2.24) is 9.80 Å². The summed E-state index contributed by atoms with van der Waals surface area (Å²) in [5.41, 5.74) is 0.935. The molecule has 2 fully saturated rings. The van der Waals surface area contributed by atoms with Crippen LogP contribution in [-0.4, -0.2) is 73.4 Å². The maximum absolute atomic E-state index is 11.3. The molecule has 0 aliphatic carbocycles. The van der Waals surface area contributed by atoms with Crippen molar-refractivity contribution in [2.75, 3.05) is 51.2 Å². The van der Waals surface area contributed by atoms with Gasteiger partial charge in [-0.05, 0) is 37.9 Å². The van der Waals surface area contributed by atoms with Gasteiger partial charge in [-0.15, -0.1) is 0 Å². The first kappa shape index (κ1) is 16.9. The highest BCUT2D eigenvalue weighted by atomic mass is 16.6. The monoisotopic (exact) mass is 333 g/mol. The van der Waals surface area contributed by atoms with Crippen LogP contribution in [0.1, 0.15) is 19.3 Å². The zero-order valence-corrected chi connectivity index (χ0v) is 14.4. The summed E-state index contributed by atoms with van der Waals surface area (Å²) >= 11 is 0. The van der Waals surface area contributed by atoms with Crippen LogP contribution < -0.4 is 4.90 Å². The lowest BCUT2D eigenvalue weighted by Crippen LogP contribution is -2.46. The van der Waals surface area contributed by atoms with Crippen molar-refractivity contribution in [2.24, 2.45) is 0 Å². The number of aromatic hydroxyl groups is 1. The Balaban J connectivity index is 1.33. The second kappa shape index (κ2) is 7.75. The maximum atomic E-state index is 11.3. The van der Waals surface area contributed by atoms with Gasteiger partial charge in [-0.3, -0.25) is 4.90 Å². The Morgan fingerprint density at radius 1 is 1.17 bits per heavy atom. The van der Waals surface area contributed by atoms with Crippen molar-refractivity contribution < 1.29 is 14.6 Å². The van der Waals surface area contributed by atoms with Crippen LogP contribution in [0.25, 0.3) is 0 Å². The second-order valence-corrected chi connectivity index (χ2v) is 6.70. The minimum atomic E-state index is -0.194. The van der Waals surface area contributed by atoms with Gasteiger partial charge >= 0.3 is 6.09 Å². The van der Waals surface area contributed by atoms with Crippen LogP contribution in [-0.2, 0) is 4.74 Å². The molecule has 24 heavy (non-hydrogen) atoms. The molecule has 1 N–H and O–H groups in total. The van der Waals surface area contributed by atoms with Gasteiger partial charge in [0.15, 0.2) is 0 Å². The van der Waals surface area contributed by atoms with E-state index in [-0.39, 0.29) is 12.2 Å². The predicted molar refractivity (Wildman–Crippen MR) is 93.5 cm³/mol. The highest BCUT2D eigenvalue weighted by Crippen LogP contribution is 2.27. The number of amides is 1. The van der Waals surface area contributed by atoms with E-state index in [1.165, 1.54) is 0 Å². The van der Waals surface area contributed by atoms with E-state index in [0.29, 0.717) is 5.75 Å². The number of unbranched alkanes of at least 4 members (excludes halogenated alkanes) is 1. The summed E-state index contributed by atoms with van der Waals surface area (Å²) < 4.78 is 5.28. The van der Waals surface area contributed by atoms with E-state index in [9.17, 15) is 9.90 Å². The maximum Gasteiger partial charge on any atom is 0.409 e. The summed E-state index contributed by atoms with van der Waals surface area (Å²) in [5, 5.41) is 9.95. The predicted octanol–water partition coefficient (Wildman–Crippen LogP) is 2.14. The van der Waals surface area contributed by atoms with Crippen LogP contribution in [0.15, 0.2) is 24.3 Å². The number of piperazine rings is 1. The van der Waals surface area contributed by atoms with Crippen LogP contribution in [0, 0.1) is 0 Å². The molecule has 132 valence electrons. The van der Waals surface area contributed by atoms with Gasteiger partial charge < -0.3 is 19.6 Å². The highest BCUT2D eigenvalue weighted by molar-refractivity contribution is 5.69. The Labute approximate surface area is 143 Å². The van der Waals surface area contributed by atoms with Gasteiger partial charge in [0.25, 0.3) is 0 Å². The molecule has 0 spiro atoms. The number of benzene rings is 1. The molecule has 1 aromatic carbocycles. The van der Waals surface area contributed by atoms with Crippen LogP contribution >= 0.6 is 0 Å². The van der Waals surface area contributed by atoms with Crippen molar-refractivity contribution in [3.05, 3.63) is 24.3 Å². The largest absolute Gasteiger partial charge is 0.506 e. The molecule has 2 heterocycles. The Morgan fingerprint density at radius 3 is 2.58 bits per heavy atom. The first-order chi connectivity index (χ1) is 11.6. The topological polar surface area (TPSA) is 56.3 Å². The molecule has 6 nitrogen and oxygen atoms in total. The number of likely N-dealkylation sites (N-methyl/N-ethyl adjacent to an activating group) is 1. The van der Waals surface area contributed by atoms with E-state index in [0.717, 1.165) is 64.2 Å². The average molecular weight is 333 g/mol. The first-order valence-electron chi connectivity index (χ1n) is 8.80. The molecular formula is C18H27N3O3. The Kier molecular flexibility index (Phi) is 5.45. The number of carbonyl (C=O) groups excluding carboxylic acids is 1. The number of rotatable bonds is 6. The standard InChI is InChI=1S/C18H27N3O3/c1-19-14-15(24-18(19)23)6-4-5-9-20-10-12-21(13-11-20)16-7-2-3-8-17(16)22/h2-3,7-8,15,22H,4-6,9-14H2,1H3. The van der Waals surface area contributed by atoms with E-state index >= 15 is 0 Å². The van der Waals surface area contributed by atoms with Gasteiger partial charge in [0, 0.05) is 33.2 Å². The second-order valence-electron chi connectivity index (χ2n) is 6.70. The number of ether oxygens (including phenoxy) is 1. The fourth-order valence-corrected chi connectivity index (χ4v) is 3.45. The number of phenolic OH excluding ortho intramolecular Hbond substituents is 1. The summed E-state index contributed by atoms with van der Waals surface area (Å²) in [6.07, 6.45) is 3.05. The third-order valence-corrected chi connectivity index (χ3v) is 4.90. The van der Waals surface area contributed by atoms with E-state index < -0.39 is 0 Å².